The van der Waals surface area contributed by atoms with Gasteiger partial charge in [-0.3, -0.25) is 0 Å². The second kappa shape index (κ2) is 5.86. The van der Waals surface area contributed by atoms with Gasteiger partial charge >= 0.3 is 5.97 Å². The molecule has 18 heavy (non-hydrogen) atoms. The number of ether oxygens (including phenoxy) is 1. The maximum Gasteiger partial charge on any atom is 0.330 e. The van der Waals surface area contributed by atoms with Gasteiger partial charge in [-0.25, -0.2) is 4.79 Å². The third-order valence-electron chi connectivity index (χ3n) is 2.58. The molecule has 0 radical (unpaired) electrons. The molecular formula is C13H16N2O3. The van der Waals surface area contributed by atoms with Crippen molar-refractivity contribution in [3.8, 4) is 0 Å². The lowest BCUT2D eigenvalue weighted by atomic mass is 9.98. The van der Waals surface area contributed by atoms with Crippen LogP contribution < -0.4 is 5.73 Å². The van der Waals surface area contributed by atoms with Gasteiger partial charge in [0.1, 0.15) is 0 Å². The van der Waals surface area contributed by atoms with E-state index in [1.807, 2.05) is 13.8 Å². The highest BCUT2D eigenvalue weighted by atomic mass is 16.5. The highest BCUT2D eigenvalue weighted by molar-refractivity contribution is 5.98. The molecule has 0 aliphatic heterocycles. The number of amidine groups is 1. The van der Waals surface area contributed by atoms with E-state index in [1.54, 1.807) is 18.2 Å². The Labute approximate surface area is 106 Å². The topological polar surface area (TPSA) is 84.9 Å². The summed E-state index contributed by atoms with van der Waals surface area (Å²) in [7, 11) is 1.33. The van der Waals surface area contributed by atoms with Gasteiger partial charge in [-0.05, 0) is 48.7 Å². The zero-order chi connectivity index (χ0) is 13.7. The summed E-state index contributed by atoms with van der Waals surface area (Å²) in [5, 5.41) is 11.6. The van der Waals surface area contributed by atoms with E-state index >= 15 is 0 Å². The van der Waals surface area contributed by atoms with Crippen LogP contribution in [0.1, 0.15) is 22.3 Å². The number of aryl methyl sites for hydroxylation is 2. The average molecular weight is 248 g/mol. The quantitative estimate of drug-likeness (QED) is 0.212. The van der Waals surface area contributed by atoms with Crippen LogP contribution in [0.2, 0.25) is 0 Å². The van der Waals surface area contributed by atoms with E-state index in [0.717, 1.165) is 16.7 Å². The molecule has 1 aromatic carbocycles. The number of nitrogens with two attached hydrogens (primary N) is 1. The monoisotopic (exact) mass is 248 g/mol. The van der Waals surface area contributed by atoms with E-state index in [4.69, 9.17) is 10.9 Å². The minimum Gasteiger partial charge on any atom is -0.466 e. The molecule has 0 fully saturated rings. The van der Waals surface area contributed by atoms with Crippen molar-refractivity contribution in [2.45, 2.75) is 13.8 Å². The normalized spacial score (nSPS) is 11.8. The third-order valence-corrected chi connectivity index (χ3v) is 2.58. The lowest BCUT2D eigenvalue weighted by Crippen LogP contribution is -2.13. The number of methoxy groups -OCH3 is 1. The number of nitrogens with zero attached hydrogens (tertiary/aromatic N) is 1. The van der Waals surface area contributed by atoms with Crippen LogP contribution in [0.5, 0.6) is 0 Å². The van der Waals surface area contributed by atoms with Gasteiger partial charge in [0.05, 0.1) is 7.11 Å². The Morgan fingerprint density at radius 1 is 1.39 bits per heavy atom. The number of carbonyl (C=O) groups excluding carboxylic acids is 1. The first-order valence-corrected chi connectivity index (χ1v) is 5.34. The first-order chi connectivity index (χ1) is 8.49. The second-order valence-corrected chi connectivity index (χ2v) is 3.87. The van der Waals surface area contributed by atoms with Crippen LogP contribution in [0.3, 0.4) is 0 Å². The van der Waals surface area contributed by atoms with E-state index in [-0.39, 0.29) is 5.84 Å². The van der Waals surface area contributed by atoms with Crippen molar-refractivity contribution in [1.82, 2.24) is 0 Å². The molecule has 0 amide bonds. The van der Waals surface area contributed by atoms with Crippen LogP contribution in [0.4, 0.5) is 0 Å². The maximum atomic E-state index is 11.0. The minimum atomic E-state index is -0.408. The van der Waals surface area contributed by atoms with Gasteiger partial charge in [-0.1, -0.05) is 5.16 Å². The van der Waals surface area contributed by atoms with Gasteiger partial charge in [0.15, 0.2) is 5.84 Å². The van der Waals surface area contributed by atoms with Gasteiger partial charge in [-0.15, -0.1) is 0 Å². The molecule has 5 nitrogen and oxygen atoms in total. The van der Waals surface area contributed by atoms with E-state index in [2.05, 4.69) is 9.89 Å². The first-order valence-electron chi connectivity index (χ1n) is 5.34. The largest absolute Gasteiger partial charge is 0.466 e. The summed E-state index contributed by atoms with van der Waals surface area (Å²) in [6.07, 6.45) is 3.05. The van der Waals surface area contributed by atoms with E-state index in [9.17, 15) is 4.79 Å². The molecule has 0 aliphatic rings. The van der Waals surface area contributed by atoms with Crippen LogP contribution in [0.25, 0.3) is 6.08 Å². The number of carbonyl (C=O) groups is 1. The molecule has 0 heterocycles. The van der Waals surface area contributed by atoms with Gasteiger partial charge in [0.2, 0.25) is 0 Å². The molecule has 1 aromatic rings. The molecule has 3 N–H and O–H groups in total. The Kier molecular flexibility index (Phi) is 4.48. The van der Waals surface area contributed by atoms with Gasteiger partial charge in [-0.2, -0.15) is 0 Å². The van der Waals surface area contributed by atoms with Crippen LogP contribution in [0.15, 0.2) is 23.4 Å². The summed E-state index contributed by atoms with van der Waals surface area (Å²) in [4.78, 5) is 11.0. The number of esters is 1. The number of hydrogen-bond donors (Lipinski definition) is 2. The van der Waals surface area contributed by atoms with Crippen LogP contribution in [-0.2, 0) is 9.53 Å². The standard InChI is InChI=1S/C13H16N2O3/c1-8-6-10(13(14)15-17)7-9(2)11(8)4-5-12(16)18-3/h4-7,17H,1-3H3,(H2,14,15)/b5-4+. The molecule has 5 heteroatoms. The molecule has 0 saturated heterocycles. The highest BCUT2D eigenvalue weighted by Gasteiger charge is 2.06. The molecular weight excluding hydrogens is 232 g/mol. The molecule has 0 aliphatic carbocycles. The Bertz CT molecular complexity index is 496. The van der Waals surface area contributed by atoms with E-state index < -0.39 is 5.97 Å². The van der Waals surface area contributed by atoms with Crippen molar-refractivity contribution in [2.24, 2.45) is 10.9 Å². The number of oxime groups is 1. The zero-order valence-electron chi connectivity index (χ0n) is 10.6. The molecule has 1 rings (SSSR count). The fourth-order valence-corrected chi connectivity index (χ4v) is 1.66. The lowest BCUT2D eigenvalue weighted by Gasteiger charge is -2.08. The second-order valence-electron chi connectivity index (χ2n) is 3.87. The maximum absolute atomic E-state index is 11.0. The predicted octanol–water partition coefficient (Wildman–Crippen LogP) is 1.58. The summed E-state index contributed by atoms with van der Waals surface area (Å²) in [6.45, 7) is 3.77. The van der Waals surface area contributed by atoms with Crippen molar-refractivity contribution in [3.63, 3.8) is 0 Å². The number of benzene rings is 1. The van der Waals surface area contributed by atoms with Crippen LogP contribution >= 0.6 is 0 Å². The van der Waals surface area contributed by atoms with Crippen molar-refractivity contribution in [2.75, 3.05) is 7.11 Å². The summed E-state index contributed by atoms with van der Waals surface area (Å²) < 4.78 is 4.53. The van der Waals surface area contributed by atoms with Crippen molar-refractivity contribution in [3.05, 3.63) is 40.5 Å². The van der Waals surface area contributed by atoms with Gasteiger partial charge in [0, 0.05) is 11.6 Å². The molecule has 0 spiro atoms. The Balaban J connectivity index is 3.17. The molecule has 0 atom stereocenters. The summed E-state index contributed by atoms with van der Waals surface area (Å²) in [5.74, 6) is -0.348. The smallest absolute Gasteiger partial charge is 0.330 e. The van der Waals surface area contributed by atoms with Crippen molar-refractivity contribution >= 4 is 17.9 Å². The number of rotatable bonds is 3. The Morgan fingerprint density at radius 2 is 1.94 bits per heavy atom. The Hall–Kier alpha value is -2.30. The van der Waals surface area contributed by atoms with E-state index in [1.165, 1.54) is 13.2 Å². The summed E-state index contributed by atoms with van der Waals surface area (Å²) in [5.41, 5.74) is 8.94. The summed E-state index contributed by atoms with van der Waals surface area (Å²) in [6, 6.07) is 3.58. The van der Waals surface area contributed by atoms with Crippen molar-refractivity contribution < 1.29 is 14.7 Å². The molecule has 0 aromatic heterocycles. The van der Waals surface area contributed by atoms with Gasteiger partial charge in [0.25, 0.3) is 0 Å². The average Bonchev–Trinajstić information content (AvgIpc) is 2.36. The highest BCUT2D eigenvalue weighted by Crippen LogP contribution is 2.18. The Morgan fingerprint density at radius 3 is 2.39 bits per heavy atom. The fraction of sp³-hybridized carbons (Fsp3) is 0.231. The zero-order valence-corrected chi connectivity index (χ0v) is 10.6. The number of hydrogen-bond acceptors (Lipinski definition) is 4. The predicted molar refractivity (Wildman–Crippen MR) is 69.5 cm³/mol. The van der Waals surface area contributed by atoms with Crippen LogP contribution in [0, 0.1) is 13.8 Å². The first kappa shape index (κ1) is 13.8. The molecule has 96 valence electrons. The SMILES string of the molecule is COC(=O)/C=C/c1c(C)cc(/C(N)=N/O)cc1C. The lowest BCUT2D eigenvalue weighted by molar-refractivity contribution is -0.134. The minimum absolute atomic E-state index is 0.0599. The van der Waals surface area contributed by atoms with Gasteiger partial charge < -0.3 is 15.7 Å². The van der Waals surface area contributed by atoms with Crippen molar-refractivity contribution in [1.29, 1.82) is 0 Å². The van der Waals surface area contributed by atoms with Crippen LogP contribution in [-0.4, -0.2) is 24.1 Å². The van der Waals surface area contributed by atoms with E-state index in [0.29, 0.717) is 5.56 Å². The fourth-order valence-electron chi connectivity index (χ4n) is 1.66. The molecule has 0 bridgehead atoms. The summed E-state index contributed by atoms with van der Waals surface area (Å²) >= 11 is 0. The molecule has 0 unspecified atom stereocenters. The molecule has 0 saturated carbocycles. The third kappa shape index (κ3) is 3.10.